The van der Waals surface area contributed by atoms with E-state index in [-0.39, 0.29) is 10.9 Å². The van der Waals surface area contributed by atoms with Crippen LogP contribution in [0.5, 0.6) is 0 Å². The molecule has 1 heterocycles. The van der Waals surface area contributed by atoms with Crippen molar-refractivity contribution in [3.8, 4) is 0 Å². The van der Waals surface area contributed by atoms with E-state index in [2.05, 4.69) is 11.9 Å². The topological polar surface area (TPSA) is 56.0 Å². The van der Waals surface area contributed by atoms with E-state index in [1.807, 2.05) is 6.92 Å². The van der Waals surface area contributed by atoms with Crippen molar-refractivity contribution in [3.05, 3.63) is 35.4 Å². The summed E-state index contributed by atoms with van der Waals surface area (Å²) < 4.78 is 0. The molecule has 6 heteroatoms. The van der Waals surface area contributed by atoms with Gasteiger partial charge in [-0.05, 0) is 23.8 Å². The van der Waals surface area contributed by atoms with Crippen LogP contribution < -0.4 is 0 Å². The van der Waals surface area contributed by atoms with Crippen LogP contribution in [0.15, 0.2) is 23.4 Å². The van der Waals surface area contributed by atoms with Crippen LogP contribution in [-0.2, 0) is 0 Å². The molecule has 0 aromatic carbocycles. The molecule has 0 saturated carbocycles. The zero-order chi connectivity index (χ0) is 10.6. The summed E-state index contributed by atoms with van der Waals surface area (Å²) in [5.41, 5.74) is 0.0469. The summed E-state index contributed by atoms with van der Waals surface area (Å²) in [5.74, 6) is 0. The second-order valence-electron chi connectivity index (χ2n) is 2.57. The van der Waals surface area contributed by atoms with E-state index in [1.54, 1.807) is 12.3 Å². The number of rotatable bonds is 4. The van der Waals surface area contributed by atoms with E-state index in [4.69, 9.17) is 0 Å². The molecular weight excluding hydrogens is 220 g/mol. The van der Waals surface area contributed by atoms with Gasteiger partial charge >= 0.3 is 5.69 Å². The number of nitrogens with zero attached hydrogens (tertiary/aromatic N) is 2. The fourth-order valence-electron chi connectivity index (χ4n) is 0.713. The molecule has 1 atom stereocenters. The molecule has 0 bridgehead atoms. The second-order valence-corrected chi connectivity index (χ2v) is 5.20. The fourth-order valence-corrected chi connectivity index (χ4v) is 2.45. The molecule has 0 saturated heterocycles. The number of hydrogen-bond acceptors (Lipinski definition) is 5. The molecule has 1 aromatic rings. The predicted molar refractivity (Wildman–Crippen MR) is 59.2 cm³/mol. The third-order valence-electron chi connectivity index (χ3n) is 1.24. The summed E-state index contributed by atoms with van der Waals surface area (Å²) in [6.45, 7) is 5.70. The van der Waals surface area contributed by atoms with Crippen LogP contribution in [-0.4, -0.2) is 15.2 Å². The van der Waals surface area contributed by atoms with Gasteiger partial charge < -0.3 is 0 Å². The summed E-state index contributed by atoms with van der Waals surface area (Å²) in [4.78, 5) is 14.1. The van der Waals surface area contributed by atoms with Crippen molar-refractivity contribution >= 4 is 27.3 Å². The van der Waals surface area contributed by atoms with Gasteiger partial charge in [-0.15, -0.1) is 0 Å². The molecule has 1 aromatic heterocycles. The second kappa shape index (κ2) is 5.21. The van der Waals surface area contributed by atoms with Gasteiger partial charge in [0.15, 0.2) is 5.03 Å². The number of nitro groups is 1. The molecule has 1 radical (unpaired) electrons. The van der Waals surface area contributed by atoms with E-state index in [0.717, 1.165) is 0 Å². The van der Waals surface area contributed by atoms with E-state index in [9.17, 15) is 10.1 Å². The molecular formula is C8H9N2O2S2. The van der Waals surface area contributed by atoms with Gasteiger partial charge in [0.2, 0.25) is 0 Å². The molecule has 1 rings (SSSR count). The maximum absolute atomic E-state index is 10.6. The SMILES string of the molecule is [CH2][C@H](C)SSc1ncccc1[N+](=O)[O-]. The minimum atomic E-state index is -0.427. The molecule has 0 aliphatic heterocycles. The van der Waals surface area contributed by atoms with Gasteiger partial charge in [-0.25, -0.2) is 4.98 Å². The van der Waals surface area contributed by atoms with Gasteiger partial charge in [-0.3, -0.25) is 10.1 Å². The van der Waals surface area contributed by atoms with Gasteiger partial charge in [-0.2, -0.15) is 0 Å². The highest BCUT2D eigenvalue weighted by atomic mass is 33.1. The first-order chi connectivity index (χ1) is 6.61. The van der Waals surface area contributed by atoms with Crippen LogP contribution in [0.25, 0.3) is 0 Å². The third-order valence-corrected chi connectivity index (χ3v) is 3.88. The highest BCUT2D eigenvalue weighted by Crippen LogP contribution is 2.37. The third kappa shape index (κ3) is 3.19. The largest absolute Gasteiger partial charge is 0.302 e. The molecule has 75 valence electrons. The quantitative estimate of drug-likeness (QED) is 0.451. The van der Waals surface area contributed by atoms with Crippen molar-refractivity contribution in [2.24, 2.45) is 0 Å². The maximum atomic E-state index is 10.6. The van der Waals surface area contributed by atoms with E-state index in [0.29, 0.717) is 5.03 Å². The molecule has 0 N–H and O–H groups in total. The smallest absolute Gasteiger partial charge is 0.258 e. The lowest BCUT2D eigenvalue weighted by molar-refractivity contribution is -0.388. The Morgan fingerprint density at radius 2 is 2.43 bits per heavy atom. The first kappa shape index (κ1) is 11.3. The Morgan fingerprint density at radius 1 is 1.71 bits per heavy atom. The van der Waals surface area contributed by atoms with Gasteiger partial charge in [0.1, 0.15) is 0 Å². The Labute approximate surface area is 90.0 Å². The molecule has 14 heavy (non-hydrogen) atoms. The Bertz CT molecular complexity index is 331. The van der Waals surface area contributed by atoms with Crippen molar-refractivity contribution in [3.63, 3.8) is 0 Å². The highest BCUT2D eigenvalue weighted by Gasteiger charge is 2.15. The Morgan fingerprint density at radius 3 is 3.00 bits per heavy atom. The van der Waals surface area contributed by atoms with Crippen LogP contribution >= 0.6 is 21.6 Å². The molecule has 4 nitrogen and oxygen atoms in total. The van der Waals surface area contributed by atoms with Crippen LogP contribution in [0.1, 0.15) is 6.92 Å². The zero-order valence-electron chi connectivity index (χ0n) is 7.54. The standard InChI is InChI=1S/C8H9N2O2S2/c1-6(2)13-14-8-7(10(11)12)4-3-5-9-8/h3-6H,1H2,2H3/t6-/m1/s1. The van der Waals surface area contributed by atoms with Crippen molar-refractivity contribution in [1.82, 2.24) is 4.98 Å². The summed E-state index contributed by atoms with van der Waals surface area (Å²) in [6, 6.07) is 3.00. The van der Waals surface area contributed by atoms with Crippen LogP contribution in [0, 0.1) is 17.0 Å². The van der Waals surface area contributed by atoms with Gasteiger partial charge in [0, 0.05) is 17.5 Å². The lowest BCUT2D eigenvalue weighted by atomic mass is 10.4. The number of hydrogen-bond donors (Lipinski definition) is 0. The van der Waals surface area contributed by atoms with Crippen LogP contribution in [0.3, 0.4) is 0 Å². The van der Waals surface area contributed by atoms with Crippen LogP contribution in [0.2, 0.25) is 0 Å². The van der Waals surface area contributed by atoms with Gasteiger partial charge in [0.05, 0.1) is 4.92 Å². The molecule has 0 fully saturated rings. The molecule has 0 aliphatic carbocycles. The lowest BCUT2D eigenvalue weighted by Crippen LogP contribution is -1.92. The number of pyridine rings is 1. The molecule has 0 aliphatic rings. The average Bonchev–Trinajstić information content (AvgIpc) is 2.15. The van der Waals surface area contributed by atoms with E-state index >= 15 is 0 Å². The Balaban J connectivity index is 2.79. The van der Waals surface area contributed by atoms with E-state index in [1.165, 1.54) is 27.7 Å². The van der Waals surface area contributed by atoms with Crippen LogP contribution in [0.4, 0.5) is 5.69 Å². The fraction of sp³-hybridized carbons (Fsp3) is 0.250. The predicted octanol–water partition coefficient (Wildman–Crippen LogP) is 2.95. The summed E-state index contributed by atoms with van der Waals surface area (Å²) in [5, 5.41) is 11.2. The number of aromatic nitrogens is 1. The minimum absolute atomic E-state index is 0.0469. The van der Waals surface area contributed by atoms with Crippen molar-refractivity contribution in [1.29, 1.82) is 0 Å². The first-order valence-electron chi connectivity index (χ1n) is 3.87. The first-order valence-corrected chi connectivity index (χ1v) is 6.08. The monoisotopic (exact) mass is 229 g/mol. The van der Waals surface area contributed by atoms with Crippen molar-refractivity contribution in [2.75, 3.05) is 0 Å². The van der Waals surface area contributed by atoms with E-state index < -0.39 is 4.92 Å². The zero-order valence-corrected chi connectivity index (χ0v) is 9.18. The summed E-state index contributed by atoms with van der Waals surface area (Å²) in [6.07, 6.45) is 1.55. The van der Waals surface area contributed by atoms with Gasteiger partial charge in [0.25, 0.3) is 0 Å². The van der Waals surface area contributed by atoms with Gasteiger partial charge in [-0.1, -0.05) is 17.7 Å². The molecule has 0 unspecified atom stereocenters. The minimum Gasteiger partial charge on any atom is -0.258 e. The average molecular weight is 229 g/mol. The lowest BCUT2D eigenvalue weighted by Gasteiger charge is -2.02. The summed E-state index contributed by atoms with van der Waals surface area (Å²) >= 11 is 0. The summed E-state index contributed by atoms with van der Waals surface area (Å²) in [7, 11) is 2.74. The van der Waals surface area contributed by atoms with Crippen molar-refractivity contribution < 1.29 is 4.92 Å². The van der Waals surface area contributed by atoms with Crippen molar-refractivity contribution in [2.45, 2.75) is 17.2 Å². The Kier molecular flexibility index (Phi) is 4.21. The highest BCUT2D eigenvalue weighted by molar-refractivity contribution is 8.77. The normalized spacial score (nSPS) is 10.5. The molecule has 0 spiro atoms. The Hall–Kier alpha value is -0.750. The maximum Gasteiger partial charge on any atom is 0.302 e. The molecule has 0 amide bonds.